The second kappa shape index (κ2) is 8.60. The van der Waals surface area contributed by atoms with Gasteiger partial charge in [0.2, 0.25) is 0 Å². The summed E-state index contributed by atoms with van der Waals surface area (Å²) in [6, 6.07) is 0. The quantitative estimate of drug-likeness (QED) is 0.731. The van der Waals surface area contributed by atoms with Gasteiger partial charge in [-0.25, -0.2) is 4.98 Å². The second-order valence-electron chi connectivity index (χ2n) is 7.00. The highest BCUT2D eigenvalue weighted by Crippen LogP contribution is 2.23. The largest absolute Gasteiger partial charge is 0.394 e. The number of nitrogens with one attached hydrogen (secondary N) is 1. The number of nitrogens with zero attached hydrogens (tertiary/aromatic N) is 2. The number of unbranched alkanes of at least 4 members (excludes halogenated alkanes) is 1. The van der Waals surface area contributed by atoms with Crippen LogP contribution in [-0.4, -0.2) is 33.3 Å². The molecule has 142 valence electrons. The van der Waals surface area contributed by atoms with Gasteiger partial charge in [-0.2, -0.15) is 0 Å². The highest BCUT2D eigenvalue weighted by molar-refractivity contribution is 7.14. The predicted molar refractivity (Wildman–Crippen MR) is 104 cm³/mol. The molecule has 0 atom stereocenters. The fraction of sp³-hybridized carbons (Fsp3) is 0.526. The standard InChI is InChI=1S/C19H27N3O3S/c1-6-7-8-15-14(13(3)25-22-15)9-10-16-20-12(2)17(26-16)18(24)21-19(4,5)11-23/h9-10,23H,6-8,11H2,1-5H3,(H,21,24). The Morgan fingerprint density at radius 2 is 2.08 bits per heavy atom. The van der Waals surface area contributed by atoms with Gasteiger partial charge in [0.05, 0.1) is 23.5 Å². The molecule has 6 nitrogen and oxygen atoms in total. The van der Waals surface area contributed by atoms with E-state index in [0.717, 1.165) is 41.3 Å². The molecule has 2 aromatic rings. The molecule has 2 aromatic heterocycles. The van der Waals surface area contributed by atoms with Gasteiger partial charge in [0.15, 0.2) is 0 Å². The summed E-state index contributed by atoms with van der Waals surface area (Å²) in [7, 11) is 0. The van der Waals surface area contributed by atoms with Crippen LogP contribution in [0.2, 0.25) is 0 Å². The molecule has 0 saturated carbocycles. The van der Waals surface area contributed by atoms with Gasteiger partial charge in [-0.3, -0.25) is 4.79 Å². The van der Waals surface area contributed by atoms with Crippen LogP contribution in [0.4, 0.5) is 0 Å². The Labute approximate surface area is 158 Å². The number of rotatable bonds is 8. The maximum Gasteiger partial charge on any atom is 0.263 e. The Balaban J connectivity index is 2.18. The monoisotopic (exact) mass is 377 g/mol. The first kappa shape index (κ1) is 20.3. The number of amides is 1. The van der Waals surface area contributed by atoms with E-state index in [1.165, 1.54) is 11.3 Å². The predicted octanol–water partition coefficient (Wildman–Crippen LogP) is 3.76. The molecule has 0 saturated heterocycles. The minimum Gasteiger partial charge on any atom is -0.394 e. The number of thiazole rings is 1. The summed E-state index contributed by atoms with van der Waals surface area (Å²) in [6.45, 7) is 9.27. The molecular formula is C19H27N3O3S. The number of hydrogen-bond donors (Lipinski definition) is 2. The molecule has 0 aliphatic carbocycles. The maximum absolute atomic E-state index is 12.4. The summed E-state index contributed by atoms with van der Waals surface area (Å²) >= 11 is 1.33. The summed E-state index contributed by atoms with van der Waals surface area (Å²) < 4.78 is 5.31. The van der Waals surface area contributed by atoms with Gasteiger partial charge in [0.1, 0.15) is 15.6 Å². The number of carbonyl (C=O) groups is 1. The van der Waals surface area contributed by atoms with Gasteiger partial charge in [0, 0.05) is 5.56 Å². The molecule has 2 rings (SSSR count). The van der Waals surface area contributed by atoms with Crippen molar-refractivity contribution in [2.45, 2.75) is 59.4 Å². The molecule has 0 fully saturated rings. The van der Waals surface area contributed by atoms with E-state index in [9.17, 15) is 9.90 Å². The highest BCUT2D eigenvalue weighted by atomic mass is 32.1. The SMILES string of the molecule is CCCCc1noc(C)c1C=Cc1nc(C)c(C(=O)NC(C)(C)CO)s1. The molecule has 0 aliphatic rings. The van der Waals surface area contributed by atoms with Crippen LogP contribution in [0, 0.1) is 13.8 Å². The summed E-state index contributed by atoms with van der Waals surface area (Å²) in [4.78, 5) is 17.4. The van der Waals surface area contributed by atoms with Crippen LogP contribution in [0.1, 0.15) is 71.0 Å². The second-order valence-corrected chi connectivity index (χ2v) is 8.03. The van der Waals surface area contributed by atoms with E-state index in [1.54, 1.807) is 13.8 Å². The molecule has 0 aromatic carbocycles. The van der Waals surface area contributed by atoms with Crippen LogP contribution in [0.3, 0.4) is 0 Å². The number of aliphatic hydroxyl groups is 1. The minimum atomic E-state index is -0.669. The third-order valence-electron chi connectivity index (χ3n) is 4.01. The zero-order valence-electron chi connectivity index (χ0n) is 16.0. The molecule has 0 bridgehead atoms. The molecule has 0 spiro atoms. The number of carbonyl (C=O) groups excluding carboxylic acids is 1. The Kier molecular flexibility index (Phi) is 6.72. The van der Waals surface area contributed by atoms with Crippen molar-refractivity contribution in [1.82, 2.24) is 15.5 Å². The topological polar surface area (TPSA) is 88.2 Å². The van der Waals surface area contributed by atoms with E-state index in [2.05, 4.69) is 22.4 Å². The van der Waals surface area contributed by atoms with Crippen LogP contribution < -0.4 is 5.32 Å². The van der Waals surface area contributed by atoms with E-state index in [0.29, 0.717) is 10.6 Å². The Hall–Kier alpha value is -1.99. The molecular weight excluding hydrogens is 350 g/mol. The van der Waals surface area contributed by atoms with E-state index in [-0.39, 0.29) is 12.5 Å². The lowest BCUT2D eigenvalue weighted by Crippen LogP contribution is -2.46. The lowest BCUT2D eigenvalue weighted by molar-refractivity contribution is 0.0872. The van der Waals surface area contributed by atoms with Crippen molar-refractivity contribution >= 4 is 29.4 Å². The molecule has 2 N–H and O–H groups in total. The van der Waals surface area contributed by atoms with Gasteiger partial charge in [0.25, 0.3) is 5.91 Å². The smallest absolute Gasteiger partial charge is 0.263 e. The number of aliphatic hydroxyl groups excluding tert-OH is 1. The fourth-order valence-electron chi connectivity index (χ4n) is 2.42. The fourth-order valence-corrected chi connectivity index (χ4v) is 3.29. The first-order valence-corrected chi connectivity index (χ1v) is 9.63. The van der Waals surface area contributed by atoms with Gasteiger partial charge in [-0.15, -0.1) is 11.3 Å². The first-order chi connectivity index (χ1) is 12.3. The number of hydrogen-bond acceptors (Lipinski definition) is 6. The van der Waals surface area contributed by atoms with Gasteiger partial charge >= 0.3 is 0 Å². The lowest BCUT2D eigenvalue weighted by atomic mass is 10.1. The average molecular weight is 378 g/mol. The summed E-state index contributed by atoms with van der Waals surface area (Å²) in [5.41, 5.74) is 1.95. The van der Waals surface area contributed by atoms with E-state index in [4.69, 9.17) is 4.52 Å². The Bertz CT molecular complexity index is 790. The molecule has 0 radical (unpaired) electrons. The molecule has 2 heterocycles. The Morgan fingerprint density at radius 3 is 2.73 bits per heavy atom. The molecule has 26 heavy (non-hydrogen) atoms. The van der Waals surface area contributed by atoms with Gasteiger partial charge in [-0.1, -0.05) is 18.5 Å². The first-order valence-electron chi connectivity index (χ1n) is 8.81. The van der Waals surface area contributed by atoms with Crippen molar-refractivity contribution < 1.29 is 14.4 Å². The average Bonchev–Trinajstić information content (AvgIpc) is 3.13. The number of aryl methyl sites for hydroxylation is 3. The van der Waals surface area contributed by atoms with Crippen molar-refractivity contribution in [2.24, 2.45) is 0 Å². The summed E-state index contributed by atoms with van der Waals surface area (Å²) in [5, 5.41) is 17.0. The van der Waals surface area contributed by atoms with Gasteiger partial charge in [-0.05, 0) is 52.7 Å². The van der Waals surface area contributed by atoms with Crippen LogP contribution in [0.15, 0.2) is 4.52 Å². The van der Waals surface area contributed by atoms with Crippen molar-refractivity contribution in [2.75, 3.05) is 6.61 Å². The zero-order valence-corrected chi connectivity index (χ0v) is 16.9. The van der Waals surface area contributed by atoms with Crippen molar-refractivity contribution in [3.05, 3.63) is 32.6 Å². The number of aromatic nitrogens is 2. The van der Waals surface area contributed by atoms with Crippen molar-refractivity contribution in [3.8, 4) is 0 Å². The third kappa shape index (κ3) is 5.02. The molecule has 0 aliphatic heterocycles. The van der Waals surface area contributed by atoms with Crippen LogP contribution in [0.25, 0.3) is 12.2 Å². The van der Waals surface area contributed by atoms with Crippen LogP contribution >= 0.6 is 11.3 Å². The third-order valence-corrected chi connectivity index (χ3v) is 5.13. The van der Waals surface area contributed by atoms with E-state index < -0.39 is 5.54 Å². The maximum atomic E-state index is 12.4. The highest BCUT2D eigenvalue weighted by Gasteiger charge is 2.23. The normalized spacial score (nSPS) is 12.1. The zero-order chi connectivity index (χ0) is 19.3. The minimum absolute atomic E-state index is 0.128. The van der Waals surface area contributed by atoms with Crippen molar-refractivity contribution in [1.29, 1.82) is 0 Å². The summed E-state index contributed by atoms with van der Waals surface area (Å²) in [6.07, 6.45) is 6.89. The lowest BCUT2D eigenvalue weighted by Gasteiger charge is -2.22. The Morgan fingerprint density at radius 1 is 1.35 bits per heavy atom. The molecule has 1 amide bonds. The van der Waals surface area contributed by atoms with Gasteiger partial charge < -0.3 is 14.9 Å². The summed E-state index contributed by atoms with van der Waals surface area (Å²) in [5.74, 6) is 0.562. The van der Waals surface area contributed by atoms with Crippen LogP contribution in [0.5, 0.6) is 0 Å². The van der Waals surface area contributed by atoms with E-state index in [1.807, 2.05) is 26.0 Å². The van der Waals surface area contributed by atoms with Crippen molar-refractivity contribution in [3.63, 3.8) is 0 Å². The van der Waals surface area contributed by atoms with E-state index >= 15 is 0 Å². The van der Waals surface area contributed by atoms with Crippen LogP contribution in [-0.2, 0) is 6.42 Å². The molecule has 0 unspecified atom stereocenters. The molecule has 7 heteroatoms.